The number of benzene rings is 1. The van der Waals surface area contributed by atoms with Crippen molar-refractivity contribution >= 4 is 6.29 Å². The minimum atomic E-state index is -0.102. The van der Waals surface area contributed by atoms with Gasteiger partial charge in [0, 0.05) is 39.7 Å². The van der Waals surface area contributed by atoms with E-state index >= 15 is 0 Å². The van der Waals surface area contributed by atoms with Gasteiger partial charge in [-0.3, -0.25) is 0 Å². The number of methoxy groups -OCH3 is 3. The Morgan fingerprint density at radius 3 is 2.45 bits per heavy atom. The Bertz CT molecular complexity index is 578. The second kappa shape index (κ2) is 14.4. The van der Waals surface area contributed by atoms with Crippen molar-refractivity contribution in [3.8, 4) is 11.5 Å². The van der Waals surface area contributed by atoms with Crippen molar-refractivity contribution in [1.82, 2.24) is 0 Å². The zero-order chi connectivity index (χ0) is 21.6. The van der Waals surface area contributed by atoms with Crippen molar-refractivity contribution in [3.63, 3.8) is 0 Å². The molecule has 1 aromatic rings. The number of hydrogen-bond donors (Lipinski definition) is 1. The monoisotopic (exact) mass is 409 g/mol. The van der Waals surface area contributed by atoms with E-state index in [9.17, 15) is 4.79 Å². The third kappa shape index (κ3) is 9.15. The molecule has 0 aliphatic heterocycles. The van der Waals surface area contributed by atoms with Gasteiger partial charge in [-0.25, -0.2) is 0 Å². The molecule has 0 radical (unpaired) electrons. The predicted octanol–water partition coefficient (Wildman–Crippen LogP) is 3.64. The lowest BCUT2D eigenvalue weighted by Gasteiger charge is -2.29. The largest absolute Gasteiger partial charge is 0.493 e. The fourth-order valence-corrected chi connectivity index (χ4v) is 3.48. The number of nitrogens with two attached hydrogens (primary N) is 1. The number of rotatable bonds is 16. The van der Waals surface area contributed by atoms with Crippen molar-refractivity contribution in [3.05, 3.63) is 23.8 Å². The Kier molecular flexibility index (Phi) is 12.6. The molecule has 6 nitrogen and oxygen atoms in total. The summed E-state index contributed by atoms with van der Waals surface area (Å²) in [6, 6.07) is 6.00. The number of carbonyl (C=O) groups is 1. The van der Waals surface area contributed by atoms with Gasteiger partial charge in [-0.2, -0.15) is 0 Å². The van der Waals surface area contributed by atoms with Crippen LogP contribution < -0.4 is 15.2 Å². The van der Waals surface area contributed by atoms with Gasteiger partial charge in [0.05, 0.1) is 19.8 Å². The zero-order valence-corrected chi connectivity index (χ0v) is 18.7. The first-order valence-electron chi connectivity index (χ1n) is 10.5. The summed E-state index contributed by atoms with van der Waals surface area (Å²) in [4.78, 5) is 10.7. The highest BCUT2D eigenvalue weighted by atomic mass is 16.5. The van der Waals surface area contributed by atoms with Crippen LogP contribution in [0, 0.1) is 11.8 Å². The molecule has 0 aromatic heterocycles. The van der Waals surface area contributed by atoms with E-state index in [2.05, 4.69) is 26.0 Å². The lowest BCUT2D eigenvalue weighted by Crippen LogP contribution is -2.39. The van der Waals surface area contributed by atoms with Crippen molar-refractivity contribution in [2.45, 2.75) is 58.1 Å². The second-order valence-electron chi connectivity index (χ2n) is 7.81. The smallest absolute Gasteiger partial charge is 0.161 e. The minimum absolute atomic E-state index is 0.100. The van der Waals surface area contributed by atoms with Crippen molar-refractivity contribution in [2.24, 2.45) is 17.6 Å². The summed E-state index contributed by atoms with van der Waals surface area (Å²) < 4.78 is 22.0. The highest BCUT2D eigenvalue weighted by molar-refractivity contribution is 5.49. The summed E-state index contributed by atoms with van der Waals surface area (Å²) in [5.41, 5.74) is 7.63. The Labute approximate surface area is 176 Å². The number of hydrogen-bond acceptors (Lipinski definition) is 6. The van der Waals surface area contributed by atoms with Gasteiger partial charge < -0.3 is 29.5 Å². The van der Waals surface area contributed by atoms with Crippen LogP contribution in [0.1, 0.15) is 45.1 Å². The average Bonchev–Trinajstić information content (AvgIpc) is 2.71. The third-order valence-electron chi connectivity index (χ3n) is 5.34. The molecule has 3 unspecified atom stereocenters. The van der Waals surface area contributed by atoms with E-state index in [4.69, 9.17) is 24.7 Å². The van der Waals surface area contributed by atoms with Crippen LogP contribution in [-0.2, 0) is 20.7 Å². The van der Waals surface area contributed by atoms with Crippen molar-refractivity contribution < 1.29 is 23.7 Å². The first-order valence-corrected chi connectivity index (χ1v) is 10.5. The van der Waals surface area contributed by atoms with Crippen LogP contribution in [0.15, 0.2) is 18.2 Å². The van der Waals surface area contributed by atoms with E-state index in [-0.39, 0.29) is 12.1 Å². The lowest BCUT2D eigenvalue weighted by atomic mass is 9.82. The molecule has 0 heterocycles. The normalized spacial score (nSPS) is 14.4. The van der Waals surface area contributed by atoms with E-state index in [0.29, 0.717) is 37.9 Å². The van der Waals surface area contributed by atoms with Crippen LogP contribution in [0.5, 0.6) is 11.5 Å². The lowest BCUT2D eigenvalue weighted by molar-refractivity contribution is -0.108. The average molecular weight is 410 g/mol. The zero-order valence-electron chi connectivity index (χ0n) is 18.7. The molecule has 0 aliphatic rings. The first kappa shape index (κ1) is 25.4. The Hall–Kier alpha value is -1.63. The maximum Gasteiger partial charge on any atom is 0.161 e. The van der Waals surface area contributed by atoms with Crippen LogP contribution >= 0.6 is 0 Å². The molecule has 0 bridgehead atoms. The molecule has 3 atom stereocenters. The standard InChI is InChI=1S/C23H39NO5/c1-17(2)19(16-20(24)21(27-4)8-6-11-25)14-18-9-10-22(28-5)23(15-18)29-13-7-12-26-3/h9-11,15,17,19-21H,6-8,12-14,16,24H2,1-5H3. The highest BCUT2D eigenvalue weighted by Gasteiger charge is 2.24. The Morgan fingerprint density at radius 1 is 1.10 bits per heavy atom. The van der Waals surface area contributed by atoms with Gasteiger partial charge in [-0.05, 0) is 48.8 Å². The molecule has 1 aromatic carbocycles. The van der Waals surface area contributed by atoms with Gasteiger partial charge in [0.25, 0.3) is 0 Å². The summed E-state index contributed by atoms with van der Waals surface area (Å²) >= 11 is 0. The van der Waals surface area contributed by atoms with Crippen molar-refractivity contribution in [2.75, 3.05) is 34.5 Å². The molecule has 29 heavy (non-hydrogen) atoms. The highest BCUT2D eigenvalue weighted by Crippen LogP contribution is 2.31. The topological polar surface area (TPSA) is 80.0 Å². The summed E-state index contributed by atoms with van der Waals surface area (Å²) in [5, 5.41) is 0. The molecule has 0 spiro atoms. The van der Waals surface area contributed by atoms with Gasteiger partial charge in [0.2, 0.25) is 0 Å². The maximum atomic E-state index is 10.7. The maximum absolute atomic E-state index is 10.7. The second-order valence-corrected chi connectivity index (χ2v) is 7.81. The summed E-state index contributed by atoms with van der Waals surface area (Å²) in [6.45, 7) is 5.69. The SMILES string of the molecule is COCCCOc1cc(CC(CC(N)C(CCC=O)OC)C(C)C)ccc1OC. The molecule has 0 saturated heterocycles. The number of carbonyl (C=O) groups excluding carboxylic acids is 1. The predicted molar refractivity (Wildman–Crippen MR) is 116 cm³/mol. The molecule has 1 rings (SSSR count). The first-order chi connectivity index (χ1) is 14.0. The Morgan fingerprint density at radius 2 is 1.86 bits per heavy atom. The van der Waals surface area contributed by atoms with Gasteiger partial charge in [0.1, 0.15) is 6.29 Å². The Balaban J connectivity index is 2.82. The van der Waals surface area contributed by atoms with Gasteiger partial charge in [-0.1, -0.05) is 19.9 Å². The van der Waals surface area contributed by atoms with E-state index in [1.165, 1.54) is 5.56 Å². The van der Waals surface area contributed by atoms with E-state index in [1.54, 1.807) is 21.3 Å². The van der Waals surface area contributed by atoms with Crippen LogP contribution in [-0.4, -0.2) is 53.0 Å². The molecule has 0 saturated carbocycles. The van der Waals surface area contributed by atoms with E-state index < -0.39 is 0 Å². The molecule has 2 N–H and O–H groups in total. The molecule has 6 heteroatoms. The molecule has 0 amide bonds. The summed E-state index contributed by atoms with van der Waals surface area (Å²) in [7, 11) is 5.00. The van der Waals surface area contributed by atoms with E-state index in [1.807, 2.05) is 6.07 Å². The summed E-state index contributed by atoms with van der Waals surface area (Å²) in [6.07, 6.45) is 4.52. The molecule has 166 valence electrons. The quantitative estimate of drug-likeness (QED) is 0.332. The van der Waals surface area contributed by atoms with Gasteiger partial charge in [0.15, 0.2) is 11.5 Å². The molecular weight excluding hydrogens is 370 g/mol. The van der Waals surface area contributed by atoms with Crippen LogP contribution in [0.4, 0.5) is 0 Å². The number of aldehydes is 1. The van der Waals surface area contributed by atoms with Gasteiger partial charge >= 0.3 is 0 Å². The van der Waals surface area contributed by atoms with Crippen molar-refractivity contribution in [1.29, 1.82) is 0 Å². The van der Waals surface area contributed by atoms with E-state index in [0.717, 1.165) is 37.0 Å². The van der Waals surface area contributed by atoms with Crippen LogP contribution in [0.25, 0.3) is 0 Å². The number of ether oxygens (including phenoxy) is 4. The molecule has 0 fully saturated rings. The van der Waals surface area contributed by atoms with Crippen LogP contribution in [0.3, 0.4) is 0 Å². The fraction of sp³-hybridized carbons (Fsp3) is 0.696. The molecule has 0 aliphatic carbocycles. The summed E-state index contributed by atoms with van der Waals surface area (Å²) in [5.74, 6) is 2.36. The molecular formula is C23H39NO5. The van der Waals surface area contributed by atoms with Gasteiger partial charge in [-0.15, -0.1) is 0 Å². The van der Waals surface area contributed by atoms with Crippen LogP contribution in [0.2, 0.25) is 0 Å². The fourth-order valence-electron chi connectivity index (χ4n) is 3.48. The third-order valence-corrected chi connectivity index (χ3v) is 5.34. The minimum Gasteiger partial charge on any atom is -0.493 e.